The molecule has 1 aliphatic rings. The minimum absolute atomic E-state index is 0.0453. The van der Waals surface area contributed by atoms with Crippen molar-refractivity contribution in [3.05, 3.63) is 45.9 Å². The number of anilines is 1. The van der Waals surface area contributed by atoms with Gasteiger partial charge in [0.05, 0.1) is 16.4 Å². The highest BCUT2D eigenvalue weighted by atomic mass is 32.1. The molecule has 2 N–H and O–H groups in total. The van der Waals surface area contributed by atoms with Crippen molar-refractivity contribution in [3.63, 3.8) is 0 Å². The number of benzene rings is 1. The topological polar surface area (TPSA) is 57.8 Å². The van der Waals surface area contributed by atoms with Crippen molar-refractivity contribution in [1.29, 1.82) is 0 Å². The van der Waals surface area contributed by atoms with Crippen LogP contribution in [-0.4, -0.2) is 15.9 Å². The summed E-state index contributed by atoms with van der Waals surface area (Å²) in [7, 11) is 0. The average molecular weight is 297 g/mol. The molecule has 0 radical (unpaired) electrons. The van der Waals surface area contributed by atoms with E-state index in [9.17, 15) is 4.79 Å². The third kappa shape index (κ3) is 1.88. The van der Waals surface area contributed by atoms with Gasteiger partial charge in [-0.25, -0.2) is 4.98 Å². The fourth-order valence-corrected chi connectivity index (χ4v) is 3.50. The van der Waals surface area contributed by atoms with Gasteiger partial charge >= 0.3 is 0 Å². The number of hydrogen-bond donors (Lipinski definition) is 2. The summed E-state index contributed by atoms with van der Waals surface area (Å²) in [6.07, 6.45) is 0.812. The smallest absolute Gasteiger partial charge is 0.234 e. The Kier molecular flexibility index (Phi) is 2.50. The van der Waals surface area contributed by atoms with Gasteiger partial charge in [0, 0.05) is 17.0 Å². The molecule has 1 amide bonds. The van der Waals surface area contributed by atoms with Crippen molar-refractivity contribution < 1.29 is 4.79 Å². The number of rotatable bonds is 2. The van der Waals surface area contributed by atoms with E-state index in [1.54, 1.807) is 11.3 Å². The maximum atomic E-state index is 12.0. The predicted molar refractivity (Wildman–Crippen MR) is 84.9 cm³/mol. The minimum Gasteiger partial charge on any atom is -0.342 e. The van der Waals surface area contributed by atoms with Crippen LogP contribution in [0, 0.1) is 0 Å². The SMILES string of the molecule is CC1(C)C(=O)Nc2cc3[nH]c(Cc4cccs4)nc3cc21. The average Bonchev–Trinajstić information content (AvgIpc) is 3.10. The summed E-state index contributed by atoms with van der Waals surface area (Å²) in [6, 6.07) is 8.18. The number of carbonyl (C=O) groups is 1. The van der Waals surface area contributed by atoms with Crippen molar-refractivity contribution in [3.8, 4) is 0 Å². The van der Waals surface area contributed by atoms with Crippen LogP contribution >= 0.6 is 11.3 Å². The summed E-state index contributed by atoms with van der Waals surface area (Å²) in [4.78, 5) is 21.3. The number of carbonyl (C=O) groups excluding carboxylic acids is 1. The lowest BCUT2D eigenvalue weighted by Crippen LogP contribution is -2.26. The zero-order valence-electron chi connectivity index (χ0n) is 11.9. The fraction of sp³-hybridized carbons (Fsp3) is 0.250. The number of fused-ring (bicyclic) bond motifs is 2. The predicted octanol–water partition coefficient (Wildman–Crippen LogP) is 3.44. The third-order valence-corrected chi connectivity index (χ3v) is 4.96. The van der Waals surface area contributed by atoms with Crippen LogP contribution in [0.25, 0.3) is 11.0 Å². The Hall–Kier alpha value is -2.14. The van der Waals surface area contributed by atoms with E-state index in [0.717, 1.165) is 34.5 Å². The number of thiophene rings is 1. The molecule has 0 unspecified atom stereocenters. The molecule has 0 bridgehead atoms. The number of aromatic amines is 1. The van der Waals surface area contributed by atoms with Crippen molar-refractivity contribution in [2.75, 3.05) is 5.32 Å². The van der Waals surface area contributed by atoms with Gasteiger partial charge in [0.15, 0.2) is 0 Å². The second-order valence-electron chi connectivity index (χ2n) is 5.93. The fourth-order valence-electron chi connectivity index (χ4n) is 2.79. The van der Waals surface area contributed by atoms with Crippen LogP contribution in [0.5, 0.6) is 0 Å². The number of H-pyrrole nitrogens is 1. The van der Waals surface area contributed by atoms with Gasteiger partial charge in [-0.2, -0.15) is 0 Å². The molecule has 3 aromatic rings. The number of nitrogens with one attached hydrogen (secondary N) is 2. The molecule has 2 aromatic heterocycles. The maximum Gasteiger partial charge on any atom is 0.234 e. The second-order valence-corrected chi connectivity index (χ2v) is 6.97. The first-order valence-electron chi connectivity index (χ1n) is 6.91. The normalized spacial score (nSPS) is 16.2. The summed E-state index contributed by atoms with van der Waals surface area (Å²) < 4.78 is 0. The Morgan fingerprint density at radius 3 is 2.95 bits per heavy atom. The molecule has 4 rings (SSSR count). The number of hydrogen-bond acceptors (Lipinski definition) is 3. The molecule has 106 valence electrons. The van der Waals surface area contributed by atoms with Crippen LogP contribution in [0.15, 0.2) is 29.6 Å². The van der Waals surface area contributed by atoms with Gasteiger partial charge in [0.2, 0.25) is 5.91 Å². The largest absolute Gasteiger partial charge is 0.342 e. The van der Waals surface area contributed by atoms with Crippen molar-refractivity contribution in [1.82, 2.24) is 9.97 Å². The Balaban J connectivity index is 1.79. The summed E-state index contributed by atoms with van der Waals surface area (Å²) >= 11 is 1.73. The molecule has 1 aliphatic heterocycles. The lowest BCUT2D eigenvalue weighted by molar-refractivity contribution is -0.119. The Labute approximate surface area is 126 Å². The molecule has 0 saturated carbocycles. The van der Waals surface area contributed by atoms with E-state index in [1.165, 1.54) is 4.88 Å². The molecule has 0 atom stereocenters. The maximum absolute atomic E-state index is 12.0. The minimum atomic E-state index is -0.490. The Bertz CT molecular complexity index is 846. The van der Waals surface area contributed by atoms with Crippen LogP contribution < -0.4 is 5.32 Å². The van der Waals surface area contributed by atoms with Gasteiger partial charge in [0.25, 0.3) is 0 Å². The summed E-state index contributed by atoms with van der Waals surface area (Å²) in [5.41, 5.74) is 3.32. The molecule has 5 heteroatoms. The molecular weight excluding hydrogens is 282 g/mol. The van der Waals surface area contributed by atoms with Gasteiger partial charge in [-0.1, -0.05) is 6.07 Å². The van der Waals surface area contributed by atoms with E-state index < -0.39 is 5.41 Å². The van der Waals surface area contributed by atoms with Crippen LogP contribution in [0.1, 0.15) is 30.1 Å². The summed E-state index contributed by atoms with van der Waals surface area (Å²) in [6.45, 7) is 3.89. The van der Waals surface area contributed by atoms with E-state index in [0.29, 0.717) is 0 Å². The molecule has 21 heavy (non-hydrogen) atoms. The van der Waals surface area contributed by atoms with Crippen molar-refractivity contribution >= 4 is 34.0 Å². The number of nitrogens with zero attached hydrogens (tertiary/aromatic N) is 1. The van der Waals surface area contributed by atoms with E-state index >= 15 is 0 Å². The Morgan fingerprint density at radius 1 is 1.33 bits per heavy atom. The van der Waals surface area contributed by atoms with Gasteiger partial charge in [-0.3, -0.25) is 4.79 Å². The summed E-state index contributed by atoms with van der Waals surface area (Å²) in [5.74, 6) is 1.00. The number of amides is 1. The molecule has 0 saturated heterocycles. The lowest BCUT2D eigenvalue weighted by atomic mass is 9.86. The Morgan fingerprint density at radius 2 is 2.19 bits per heavy atom. The van der Waals surface area contributed by atoms with E-state index in [-0.39, 0.29) is 5.91 Å². The number of imidazole rings is 1. The van der Waals surface area contributed by atoms with Gasteiger partial charge in [-0.05, 0) is 43.0 Å². The van der Waals surface area contributed by atoms with Crippen LogP contribution in [-0.2, 0) is 16.6 Å². The van der Waals surface area contributed by atoms with Gasteiger partial charge in [-0.15, -0.1) is 11.3 Å². The highest BCUT2D eigenvalue weighted by Gasteiger charge is 2.38. The molecule has 3 heterocycles. The van der Waals surface area contributed by atoms with Crippen molar-refractivity contribution in [2.45, 2.75) is 25.7 Å². The molecule has 0 fully saturated rings. The first-order valence-corrected chi connectivity index (χ1v) is 7.79. The summed E-state index contributed by atoms with van der Waals surface area (Å²) in [5, 5.41) is 5.02. The van der Waals surface area contributed by atoms with E-state index in [1.807, 2.05) is 26.0 Å². The monoisotopic (exact) mass is 297 g/mol. The van der Waals surface area contributed by atoms with Crippen LogP contribution in [0.2, 0.25) is 0 Å². The van der Waals surface area contributed by atoms with E-state index in [4.69, 9.17) is 0 Å². The van der Waals surface area contributed by atoms with Crippen molar-refractivity contribution in [2.24, 2.45) is 0 Å². The first kappa shape index (κ1) is 12.6. The molecule has 4 nitrogen and oxygen atoms in total. The van der Waals surface area contributed by atoms with Crippen LogP contribution in [0.4, 0.5) is 5.69 Å². The molecule has 1 aromatic carbocycles. The highest BCUT2D eigenvalue weighted by molar-refractivity contribution is 7.09. The zero-order chi connectivity index (χ0) is 14.6. The molecule has 0 aliphatic carbocycles. The van der Waals surface area contributed by atoms with E-state index in [2.05, 4.69) is 32.8 Å². The molecule has 0 spiro atoms. The van der Waals surface area contributed by atoms with Gasteiger partial charge in [0.1, 0.15) is 5.82 Å². The number of aromatic nitrogens is 2. The third-order valence-electron chi connectivity index (χ3n) is 4.08. The standard InChI is InChI=1S/C16H15N3OS/c1-16(2)10-7-12-13(8-11(10)19-15(16)20)18-14(17-12)6-9-4-3-5-21-9/h3-5,7-8H,6H2,1-2H3,(H,17,18)(H,19,20). The zero-order valence-corrected chi connectivity index (χ0v) is 12.7. The lowest BCUT2D eigenvalue weighted by Gasteiger charge is -2.14. The highest BCUT2D eigenvalue weighted by Crippen LogP contribution is 2.39. The second kappa shape index (κ2) is 4.18. The quantitative estimate of drug-likeness (QED) is 0.761. The first-order chi connectivity index (χ1) is 10.0. The van der Waals surface area contributed by atoms with Crippen LogP contribution in [0.3, 0.4) is 0 Å². The molecular formula is C16H15N3OS. The van der Waals surface area contributed by atoms with Gasteiger partial charge < -0.3 is 10.3 Å².